The van der Waals surface area contributed by atoms with Gasteiger partial charge < -0.3 is 0 Å². The molecule has 0 aliphatic carbocycles. The normalized spacial score (nSPS) is 22.0. The largest absolute Gasteiger partial charge is 0.246 e. The fourth-order valence-corrected chi connectivity index (χ4v) is 3.68. The average Bonchev–Trinajstić information content (AvgIpc) is 2.28. The first-order valence-corrected chi connectivity index (χ1v) is 8.66. The van der Waals surface area contributed by atoms with Crippen molar-refractivity contribution < 1.29 is 8.42 Å². The fourth-order valence-electron chi connectivity index (χ4n) is 2.35. The highest BCUT2D eigenvalue weighted by molar-refractivity contribution is 9.10. The van der Waals surface area contributed by atoms with Gasteiger partial charge in [0.1, 0.15) is 4.60 Å². The van der Waals surface area contributed by atoms with Crippen molar-refractivity contribution in [2.75, 3.05) is 19.3 Å². The van der Waals surface area contributed by atoms with Crippen molar-refractivity contribution in [2.24, 2.45) is 5.92 Å². The van der Waals surface area contributed by atoms with Crippen LogP contribution in [0.25, 0.3) is 0 Å². The quantitative estimate of drug-likeness (QED) is 0.796. The molecule has 1 atom stereocenters. The maximum absolute atomic E-state index is 11.5. The summed E-state index contributed by atoms with van der Waals surface area (Å²) in [5.74, 6) is 0.371. The van der Waals surface area contributed by atoms with Crippen molar-refractivity contribution in [3.05, 3.63) is 28.5 Å². The molecule has 100 valence electrons. The van der Waals surface area contributed by atoms with E-state index in [2.05, 4.69) is 20.9 Å². The van der Waals surface area contributed by atoms with Gasteiger partial charge in [0.25, 0.3) is 0 Å². The molecule has 1 aliphatic rings. The average molecular weight is 333 g/mol. The van der Waals surface area contributed by atoms with Gasteiger partial charge in [-0.1, -0.05) is 6.07 Å². The number of aromatic nitrogens is 1. The van der Waals surface area contributed by atoms with Gasteiger partial charge in [-0.3, -0.25) is 0 Å². The van der Waals surface area contributed by atoms with E-state index in [0.29, 0.717) is 19.0 Å². The predicted molar refractivity (Wildman–Crippen MR) is 74.8 cm³/mol. The zero-order valence-corrected chi connectivity index (χ0v) is 12.7. The monoisotopic (exact) mass is 332 g/mol. The minimum atomic E-state index is -3.06. The van der Waals surface area contributed by atoms with E-state index in [1.165, 1.54) is 6.26 Å². The molecule has 0 saturated carbocycles. The highest BCUT2D eigenvalue weighted by Crippen LogP contribution is 2.22. The van der Waals surface area contributed by atoms with Gasteiger partial charge in [-0.15, -0.1) is 0 Å². The van der Waals surface area contributed by atoms with Gasteiger partial charge in [-0.05, 0) is 53.2 Å². The zero-order valence-electron chi connectivity index (χ0n) is 10.3. The number of nitrogens with zero attached hydrogens (tertiary/aromatic N) is 2. The topological polar surface area (TPSA) is 50.3 Å². The lowest BCUT2D eigenvalue weighted by molar-refractivity contribution is 0.265. The van der Waals surface area contributed by atoms with Crippen molar-refractivity contribution in [3.8, 4) is 0 Å². The Morgan fingerprint density at radius 2 is 2.28 bits per heavy atom. The summed E-state index contributed by atoms with van der Waals surface area (Å²) in [5.41, 5.74) is 1.02. The summed E-state index contributed by atoms with van der Waals surface area (Å²) in [5, 5.41) is 0. The van der Waals surface area contributed by atoms with E-state index in [0.717, 1.165) is 29.6 Å². The number of hydrogen-bond donors (Lipinski definition) is 0. The minimum absolute atomic E-state index is 0.371. The second-order valence-corrected chi connectivity index (χ2v) is 7.58. The van der Waals surface area contributed by atoms with Crippen LogP contribution in [0.4, 0.5) is 0 Å². The molecule has 1 fully saturated rings. The van der Waals surface area contributed by atoms with E-state index in [1.807, 2.05) is 18.2 Å². The minimum Gasteiger partial charge on any atom is -0.246 e. The molecule has 2 heterocycles. The molecule has 1 unspecified atom stereocenters. The first-order valence-electron chi connectivity index (χ1n) is 6.02. The Hall–Kier alpha value is -0.460. The van der Waals surface area contributed by atoms with E-state index >= 15 is 0 Å². The van der Waals surface area contributed by atoms with Crippen LogP contribution in [0.1, 0.15) is 18.5 Å². The van der Waals surface area contributed by atoms with Crippen LogP contribution in [0, 0.1) is 5.92 Å². The highest BCUT2D eigenvalue weighted by Gasteiger charge is 2.26. The summed E-state index contributed by atoms with van der Waals surface area (Å²) >= 11 is 3.35. The zero-order chi connectivity index (χ0) is 13.2. The first kappa shape index (κ1) is 14.0. The molecular weight excluding hydrogens is 316 g/mol. The summed E-state index contributed by atoms with van der Waals surface area (Å²) < 4.78 is 25.5. The number of sulfonamides is 1. The van der Waals surface area contributed by atoms with Crippen LogP contribution in [-0.4, -0.2) is 37.1 Å². The lowest BCUT2D eigenvalue weighted by atomic mass is 9.94. The predicted octanol–water partition coefficient (Wildman–Crippen LogP) is 2.06. The third kappa shape index (κ3) is 3.76. The van der Waals surface area contributed by atoms with Crippen molar-refractivity contribution in [2.45, 2.75) is 19.3 Å². The van der Waals surface area contributed by atoms with Crippen molar-refractivity contribution in [1.29, 1.82) is 0 Å². The van der Waals surface area contributed by atoms with Gasteiger partial charge in [0.2, 0.25) is 10.0 Å². The van der Waals surface area contributed by atoms with Gasteiger partial charge in [0, 0.05) is 18.8 Å². The number of rotatable bonds is 3. The van der Waals surface area contributed by atoms with Crippen LogP contribution in [-0.2, 0) is 16.4 Å². The van der Waals surface area contributed by atoms with E-state index in [9.17, 15) is 8.42 Å². The van der Waals surface area contributed by atoms with E-state index < -0.39 is 10.0 Å². The van der Waals surface area contributed by atoms with Gasteiger partial charge in [0.05, 0.1) is 6.26 Å². The van der Waals surface area contributed by atoms with Crippen LogP contribution in [0.2, 0.25) is 0 Å². The van der Waals surface area contributed by atoms with Crippen LogP contribution in [0.5, 0.6) is 0 Å². The highest BCUT2D eigenvalue weighted by atomic mass is 79.9. The van der Waals surface area contributed by atoms with E-state index in [1.54, 1.807) is 4.31 Å². The Labute approximate surface area is 117 Å². The standard InChI is InChI=1S/C12H17BrN2O2S/c1-18(16,17)15-7-3-4-10(9-15)8-11-5-2-6-12(13)14-11/h2,5-6,10H,3-4,7-9H2,1H3. The summed E-state index contributed by atoms with van der Waals surface area (Å²) in [4.78, 5) is 4.40. The van der Waals surface area contributed by atoms with Crippen LogP contribution in [0.15, 0.2) is 22.8 Å². The Morgan fingerprint density at radius 3 is 2.94 bits per heavy atom. The number of piperidine rings is 1. The SMILES string of the molecule is CS(=O)(=O)N1CCCC(Cc2cccc(Br)n2)C1. The maximum atomic E-state index is 11.5. The van der Waals surface area contributed by atoms with Crippen molar-refractivity contribution in [3.63, 3.8) is 0 Å². The van der Waals surface area contributed by atoms with Crippen LogP contribution >= 0.6 is 15.9 Å². The summed E-state index contributed by atoms with van der Waals surface area (Å²) in [6.07, 6.45) is 4.13. The molecule has 1 aromatic rings. The number of halogens is 1. The lowest BCUT2D eigenvalue weighted by Gasteiger charge is -2.30. The van der Waals surface area contributed by atoms with E-state index in [-0.39, 0.29) is 0 Å². The van der Waals surface area contributed by atoms with Crippen molar-refractivity contribution in [1.82, 2.24) is 9.29 Å². The molecule has 0 radical (unpaired) electrons. The fraction of sp³-hybridized carbons (Fsp3) is 0.583. The van der Waals surface area contributed by atoms with Gasteiger partial charge >= 0.3 is 0 Å². The maximum Gasteiger partial charge on any atom is 0.211 e. The first-order chi connectivity index (χ1) is 8.45. The molecule has 0 bridgehead atoms. The third-order valence-corrected chi connectivity index (χ3v) is 4.93. The smallest absolute Gasteiger partial charge is 0.211 e. The Bertz CT molecular complexity index is 519. The van der Waals surface area contributed by atoms with Crippen LogP contribution < -0.4 is 0 Å². The number of pyridine rings is 1. The Morgan fingerprint density at radius 1 is 1.50 bits per heavy atom. The molecule has 0 spiro atoms. The molecule has 1 aromatic heterocycles. The molecular formula is C12H17BrN2O2S. The molecule has 6 heteroatoms. The summed E-state index contributed by atoms with van der Waals surface area (Å²) in [6, 6.07) is 5.85. The molecule has 2 rings (SSSR count). The second kappa shape index (κ2) is 5.67. The molecule has 18 heavy (non-hydrogen) atoms. The van der Waals surface area contributed by atoms with Crippen molar-refractivity contribution >= 4 is 26.0 Å². The summed E-state index contributed by atoms with van der Waals surface area (Å²) in [7, 11) is -3.06. The summed E-state index contributed by atoms with van der Waals surface area (Å²) in [6.45, 7) is 1.27. The molecule has 1 saturated heterocycles. The van der Waals surface area contributed by atoms with Gasteiger partial charge in [0.15, 0.2) is 0 Å². The molecule has 0 N–H and O–H groups in total. The third-order valence-electron chi connectivity index (χ3n) is 3.22. The van der Waals surface area contributed by atoms with Gasteiger partial charge in [-0.2, -0.15) is 0 Å². The van der Waals surface area contributed by atoms with Crippen LogP contribution in [0.3, 0.4) is 0 Å². The second-order valence-electron chi connectivity index (χ2n) is 4.79. The molecule has 0 amide bonds. The van der Waals surface area contributed by atoms with E-state index in [4.69, 9.17) is 0 Å². The molecule has 1 aliphatic heterocycles. The van der Waals surface area contributed by atoms with Gasteiger partial charge in [-0.25, -0.2) is 17.7 Å². The Balaban J connectivity index is 2.02. The molecule has 4 nitrogen and oxygen atoms in total. The lowest BCUT2D eigenvalue weighted by Crippen LogP contribution is -2.39. The molecule has 0 aromatic carbocycles. The number of hydrogen-bond acceptors (Lipinski definition) is 3. The Kier molecular flexibility index (Phi) is 4.40.